The van der Waals surface area contributed by atoms with E-state index in [0.29, 0.717) is 22.0 Å². The number of pyridine rings is 1. The number of benzene rings is 1. The van der Waals surface area contributed by atoms with Crippen LogP contribution in [0.15, 0.2) is 48.7 Å². The third kappa shape index (κ3) is 3.45. The molecule has 2 aromatic rings. The SMILES string of the molecule is C=C(C)C[C@@H](NC(=O)c1ccnc2ccccc12)C(=O)O. The van der Waals surface area contributed by atoms with Gasteiger partial charge in [-0.2, -0.15) is 0 Å². The van der Waals surface area contributed by atoms with E-state index in [-0.39, 0.29) is 6.42 Å². The van der Waals surface area contributed by atoms with Crippen LogP contribution in [0, 0.1) is 0 Å². The molecule has 1 heterocycles. The molecule has 2 rings (SSSR count). The predicted molar refractivity (Wildman–Crippen MR) is 80.1 cm³/mol. The molecule has 0 aliphatic carbocycles. The number of carbonyl (C=O) groups is 2. The molecule has 2 N–H and O–H groups in total. The molecule has 0 spiro atoms. The van der Waals surface area contributed by atoms with Crippen molar-refractivity contribution in [3.05, 3.63) is 54.2 Å². The van der Waals surface area contributed by atoms with Gasteiger partial charge in [-0.1, -0.05) is 23.8 Å². The number of carboxylic acids is 1. The number of carbonyl (C=O) groups excluding carboxylic acids is 1. The summed E-state index contributed by atoms with van der Waals surface area (Å²) in [5, 5.41) is 12.4. The first-order valence-corrected chi connectivity index (χ1v) is 6.51. The fraction of sp³-hybridized carbons (Fsp3) is 0.188. The Bertz CT molecular complexity index is 704. The molecule has 0 unspecified atom stereocenters. The number of aromatic nitrogens is 1. The van der Waals surface area contributed by atoms with Gasteiger partial charge in [0.1, 0.15) is 6.04 Å². The van der Waals surface area contributed by atoms with Gasteiger partial charge in [-0.3, -0.25) is 9.78 Å². The van der Waals surface area contributed by atoms with Crippen molar-refractivity contribution in [3.63, 3.8) is 0 Å². The Hall–Kier alpha value is -2.69. The van der Waals surface area contributed by atoms with E-state index in [9.17, 15) is 9.59 Å². The van der Waals surface area contributed by atoms with Gasteiger partial charge in [-0.25, -0.2) is 4.79 Å². The highest BCUT2D eigenvalue weighted by Gasteiger charge is 2.21. The second-order valence-corrected chi connectivity index (χ2v) is 4.90. The Morgan fingerprint density at radius 1 is 1.33 bits per heavy atom. The van der Waals surface area contributed by atoms with Crippen molar-refractivity contribution >= 4 is 22.8 Å². The number of hydrogen-bond acceptors (Lipinski definition) is 3. The van der Waals surface area contributed by atoms with Crippen molar-refractivity contribution in [2.24, 2.45) is 0 Å². The van der Waals surface area contributed by atoms with Gasteiger partial charge in [0, 0.05) is 11.6 Å². The number of carboxylic acid groups (broad SMARTS) is 1. The number of hydrogen-bond donors (Lipinski definition) is 2. The molecular formula is C16H16N2O3. The van der Waals surface area contributed by atoms with Crippen LogP contribution in [0.5, 0.6) is 0 Å². The second-order valence-electron chi connectivity index (χ2n) is 4.90. The van der Waals surface area contributed by atoms with E-state index in [1.165, 1.54) is 6.20 Å². The first-order chi connectivity index (χ1) is 9.99. The quantitative estimate of drug-likeness (QED) is 0.826. The maximum atomic E-state index is 12.3. The Balaban J connectivity index is 2.29. The normalized spacial score (nSPS) is 11.9. The number of para-hydroxylation sites is 1. The van der Waals surface area contributed by atoms with E-state index in [1.807, 2.05) is 12.1 Å². The topological polar surface area (TPSA) is 79.3 Å². The van der Waals surface area contributed by atoms with Gasteiger partial charge >= 0.3 is 5.97 Å². The average molecular weight is 284 g/mol. The lowest BCUT2D eigenvalue weighted by Crippen LogP contribution is -2.41. The minimum Gasteiger partial charge on any atom is -0.480 e. The second kappa shape index (κ2) is 6.17. The van der Waals surface area contributed by atoms with Crippen molar-refractivity contribution in [1.29, 1.82) is 0 Å². The minimum atomic E-state index is -1.08. The molecule has 1 aromatic heterocycles. The third-order valence-corrected chi connectivity index (χ3v) is 3.05. The summed E-state index contributed by atoms with van der Waals surface area (Å²) in [6.45, 7) is 5.41. The van der Waals surface area contributed by atoms with Crippen LogP contribution in [0.3, 0.4) is 0 Å². The van der Waals surface area contributed by atoms with Gasteiger partial charge in [-0.15, -0.1) is 6.58 Å². The molecule has 0 bridgehead atoms. The smallest absolute Gasteiger partial charge is 0.326 e. The third-order valence-electron chi connectivity index (χ3n) is 3.05. The number of amides is 1. The predicted octanol–water partition coefficient (Wildman–Crippen LogP) is 2.38. The van der Waals surface area contributed by atoms with E-state index in [1.54, 1.807) is 25.1 Å². The summed E-state index contributed by atoms with van der Waals surface area (Å²) in [4.78, 5) is 27.7. The van der Waals surface area contributed by atoms with Gasteiger partial charge in [0.2, 0.25) is 0 Å². The lowest BCUT2D eigenvalue weighted by atomic mass is 10.1. The van der Waals surface area contributed by atoms with E-state index in [0.717, 1.165) is 0 Å². The molecule has 5 nitrogen and oxygen atoms in total. The van der Waals surface area contributed by atoms with Crippen LogP contribution in [-0.2, 0) is 4.79 Å². The van der Waals surface area contributed by atoms with E-state index >= 15 is 0 Å². The number of rotatable bonds is 5. The van der Waals surface area contributed by atoms with E-state index in [4.69, 9.17) is 5.11 Å². The fourth-order valence-electron chi connectivity index (χ4n) is 2.08. The standard InChI is InChI=1S/C16H16N2O3/c1-10(2)9-14(16(20)21)18-15(19)12-7-8-17-13-6-4-3-5-11(12)13/h3-8,14H,1,9H2,2H3,(H,18,19)(H,20,21)/t14-/m1/s1. The zero-order valence-electron chi connectivity index (χ0n) is 11.7. The van der Waals surface area contributed by atoms with Gasteiger partial charge in [0.25, 0.3) is 5.91 Å². The summed E-state index contributed by atoms with van der Waals surface area (Å²) in [7, 11) is 0. The lowest BCUT2D eigenvalue weighted by Gasteiger charge is -2.15. The Kier molecular flexibility index (Phi) is 4.33. The molecule has 0 saturated carbocycles. The first-order valence-electron chi connectivity index (χ1n) is 6.51. The van der Waals surface area contributed by atoms with Gasteiger partial charge < -0.3 is 10.4 Å². The molecule has 0 saturated heterocycles. The zero-order chi connectivity index (χ0) is 15.4. The molecule has 0 fully saturated rings. The van der Waals surface area contributed by atoms with E-state index < -0.39 is 17.9 Å². The Morgan fingerprint density at radius 3 is 2.71 bits per heavy atom. The summed E-state index contributed by atoms with van der Waals surface area (Å²) in [5.74, 6) is -1.51. The summed E-state index contributed by atoms with van der Waals surface area (Å²) < 4.78 is 0. The summed E-state index contributed by atoms with van der Waals surface area (Å²) >= 11 is 0. The van der Waals surface area contributed by atoms with Crippen LogP contribution in [0.1, 0.15) is 23.7 Å². The maximum absolute atomic E-state index is 12.3. The van der Waals surface area contributed by atoms with Crippen LogP contribution in [0.2, 0.25) is 0 Å². The van der Waals surface area contributed by atoms with Crippen molar-refractivity contribution in [2.75, 3.05) is 0 Å². The molecule has 5 heteroatoms. The number of nitrogens with zero attached hydrogens (tertiary/aromatic N) is 1. The molecule has 0 radical (unpaired) electrons. The van der Waals surface area contributed by atoms with Crippen molar-refractivity contribution in [1.82, 2.24) is 10.3 Å². The molecule has 1 amide bonds. The summed E-state index contributed by atoms with van der Waals surface area (Å²) in [6.07, 6.45) is 1.73. The molecule has 1 aromatic carbocycles. The molecule has 21 heavy (non-hydrogen) atoms. The van der Waals surface area contributed by atoms with Crippen LogP contribution < -0.4 is 5.32 Å². The highest BCUT2D eigenvalue weighted by Crippen LogP contribution is 2.16. The number of nitrogens with one attached hydrogen (secondary N) is 1. The Morgan fingerprint density at radius 2 is 2.05 bits per heavy atom. The molecule has 0 aliphatic rings. The molecule has 0 aliphatic heterocycles. The first kappa shape index (κ1) is 14.7. The van der Waals surface area contributed by atoms with Crippen LogP contribution in [0.25, 0.3) is 10.9 Å². The fourth-order valence-corrected chi connectivity index (χ4v) is 2.08. The number of fused-ring (bicyclic) bond motifs is 1. The maximum Gasteiger partial charge on any atom is 0.326 e. The monoisotopic (exact) mass is 284 g/mol. The van der Waals surface area contributed by atoms with Crippen LogP contribution in [0.4, 0.5) is 0 Å². The van der Waals surface area contributed by atoms with E-state index in [2.05, 4.69) is 16.9 Å². The summed E-state index contributed by atoms with van der Waals surface area (Å²) in [5.41, 5.74) is 1.80. The molecule has 1 atom stereocenters. The lowest BCUT2D eigenvalue weighted by molar-refractivity contribution is -0.139. The highest BCUT2D eigenvalue weighted by atomic mass is 16.4. The van der Waals surface area contributed by atoms with Crippen LogP contribution >= 0.6 is 0 Å². The van der Waals surface area contributed by atoms with Crippen molar-refractivity contribution < 1.29 is 14.7 Å². The highest BCUT2D eigenvalue weighted by molar-refractivity contribution is 6.06. The number of aliphatic carboxylic acids is 1. The molecular weight excluding hydrogens is 268 g/mol. The minimum absolute atomic E-state index is 0.199. The zero-order valence-corrected chi connectivity index (χ0v) is 11.7. The van der Waals surface area contributed by atoms with Crippen molar-refractivity contribution in [3.8, 4) is 0 Å². The van der Waals surface area contributed by atoms with Crippen molar-refractivity contribution in [2.45, 2.75) is 19.4 Å². The summed E-state index contributed by atoms with van der Waals surface area (Å²) in [6, 6.07) is 7.82. The van der Waals surface area contributed by atoms with Crippen LogP contribution in [-0.4, -0.2) is 28.0 Å². The largest absolute Gasteiger partial charge is 0.480 e. The van der Waals surface area contributed by atoms with Gasteiger partial charge in [0.05, 0.1) is 11.1 Å². The molecule has 108 valence electrons. The van der Waals surface area contributed by atoms with Gasteiger partial charge in [0.15, 0.2) is 0 Å². The Labute approximate surface area is 122 Å². The average Bonchev–Trinajstić information content (AvgIpc) is 2.45. The van der Waals surface area contributed by atoms with Gasteiger partial charge in [-0.05, 0) is 25.5 Å².